The zero-order valence-electron chi connectivity index (χ0n) is 22.0. The van der Waals surface area contributed by atoms with Crippen LogP contribution >= 0.6 is 0 Å². The Morgan fingerprint density at radius 2 is 1.55 bits per heavy atom. The molecule has 8 heteroatoms. The Labute approximate surface area is 223 Å². The van der Waals surface area contributed by atoms with E-state index in [1.165, 1.54) is 7.11 Å². The summed E-state index contributed by atoms with van der Waals surface area (Å²) in [5.74, 6) is 0.170. The molecule has 0 atom stereocenters. The molecule has 0 unspecified atom stereocenters. The van der Waals surface area contributed by atoms with Crippen LogP contribution in [0.25, 0.3) is 0 Å². The molecule has 1 heterocycles. The number of nitrogens with zero attached hydrogens (tertiary/aromatic N) is 2. The number of carbonyl (C=O) groups is 3. The monoisotopic (exact) mass is 515 g/mol. The Kier molecular flexibility index (Phi) is 8.63. The van der Waals surface area contributed by atoms with Gasteiger partial charge in [-0.15, -0.1) is 0 Å². The van der Waals surface area contributed by atoms with E-state index in [1.807, 2.05) is 41.3 Å². The first-order valence-electron chi connectivity index (χ1n) is 12.7. The van der Waals surface area contributed by atoms with E-state index >= 15 is 0 Å². The van der Waals surface area contributed by atoms with Crippen molar-refractivity contribution >= 4 is 29.2 Å². The molecule has 1 aliphatic heterocycles. The maximum Gasteiger partial charge on any atom is 0.337 e. The maximum atomic E-state index is 13.2. The Hall–Kier alpha value is -4.33. The summed E-state index contributed by atoms with van der Waals surface area (Å²) < 4.78 is 10.7. The van der Waals surface area contributed by atoms with E-state index < -0.39 is 5.97 Å². The van der Waals surface area contributed by atoms with E-state index in [9.17, 15) is 14.4 Å². The topological polar surface area (TPSA) is 88.2 Å². The molecule has 0 aliphatic carbocycles. The van der Waals surface area contributed by atoms with Gasteiger partial charge in [0.1, 0.15) is 5.75 Å². The molecule has 198 valence electrons. The summed E-state index contributed by atoms with van der Waals surface area (Å²) in [7, 11) is 1.32. The fourth-order valence-corrected chi connectivity index (χ4v) is 4.25. The van der Waals surface area contributed by atoms with Crippen molar-refractivity contribution < 1.29 is 23.9 Å². The summed E-state index contributed by atoms with van der Waals surface area (Å²) in [5, 5.41) is 2.97. The molecule has 0 aromatic heterocycles. The van der Waals surface area contributed by atoms with Gasteiger partial charge < -0.3 is 24.6 Å². The molecule has 1 aliphatic rings. The van der Waals surface area contributed by atoms with Crippen molar-refractivity contribution in [2.45, 2.75) is 13.8 Å². The van der Waals surface area contributed by atoms with Gasteiger partial charge in [-0.1, -0.05) is 38.1 Å². The molecule has 3 aromatic carbocycles. The van der Waals surface area contributed by atoms with Gasteiger partial charge in [-0.25, -0.2) is 4.79 Å². The third kappa shape index (κ3) is 6.51. The SMILES string of the molecule is COC(=O)c1ccc(N2CCN(C(=O)c3ccccc3)CC2)c(NC(=O)c2cccc(OCC(C)C)c2)c1. The molecule has 1 fully saturated rings. The van der Waals surface area contributed by atoms with Crippen molar-refractivity contribution in [3.8, 4) is 5.75 Å². The Morgan fingerprint density at radius 1 is 0.842 bits per heavy atom. The van der Waals surface area contributed by atoms with Crippen molar-refractivity contribution in [2.75, 3.05) is 50.1 Å². The zero-order valence-corrected chi connectivity index (χ0v) is 22.0. The number of anilines is 2. The third-order valence-corrected chi connectivity index (χ3v) is 6.27. The largest absolute Gasteiger partial charge is 0.493 e. The first-order chi connectivity index (χ1) is 18.4. The van der Waals surface area contributed by atoms with E-state index in [0.29, 0.717) is 66.8 Å². The van der Waals surface area contributed by atoms with Crippen LogP contribution in [0.2, 0.25) is 0 Å². The number of piperazine rings is 1. The fraction of sp³-hybridized carbons (Fsp3) is 0.300. The second-order valence-corrected chi connectivity index (χ2v) is 9.56. The summed E-state index contributed by atoms with van der Waals surface area (Å²) in [4.78, 5) is 42.3. The molecule has 0 bridgehead atoms. The lowest BCUT2D eigenvalue weighted by Crippen LogP contribution is -2.49. The minimum Gasteiger partial charge on any atom is -0.493 e. The van der Waals surface area contributed by atoms with Crippen molar-refractivity contribution in [3.63, 3.8) is 0 Å². The maximum absolute atomic E-state index is 13.2. The normalized spacial score (nSPS) is 13.3. The van der Waals surface area contributed by atoms with Gasteiger partial charge in [0, 0.05) is 37.3 Å². The Morgan fingerprint density at radius 3 is 2.24 bits per heavy atom. The summed E-state index contributed by atoms with van der Waals surface area (Å²) in [6.07, 6.45) is 0. The number of rotatable bonds is 8. The lowest BCUT2D eigenvalue weighted by Gasteiger charge is -2.37. The van der Waals surface area contributed by atoms with Crippen LogP contribution in [0.5, 0.6) is 5.75 Å². The summed E-state index contributed by atoms with van der Waals surface area (Å²) in [6, 6.07) is 21.4. The number of esters is 1. The highest BCUT2D eigenvalue weighted by Gasteiger charge is 2.25. The van der Waals surface area contributed by atoms with Crippen molar-refractivity contribution in [2.24, 2.45) is 5.92 Å². The average Bonchev–Trinajstić information content (AvgIpc) is 2.96. The van der Waals surface area contributed by atoms with Crippen LogP contribution in [0.3, 0.4) is 0 Å². The van der Waals surface area contributed by atoms with Crippen LogP contribution in [0, 0.1) is 5.92 Å². The Balaban J connectivity index is 1.52. The summed E-state index contributed by atoms with van der Waals surface area (Å²) >= 11 is 0. The van der Waals surface area contributed by atoms with Crippen LogP contribution in [0.1, 0.15) is 44.9 Å². The second-order valence-electron chi connectivity index (χ2n) is 9.56. The first-order valence-corrected chi connectivity index (χ1v) is 12.7. The van der Waals surface area contributed by atoms with E-state index in [1.54, 1.807) is 36.4 Å². The molecule has 4 rings (SSSR count). The number of methoxy groups -OCH3 is 1. The van der Waals surface area contributed by atoms with E-state index in [-0.39, 0.29) is 11.8 Å². The lowest BCUT2D eigenvalue weighted by atomic mass is 10.1. The average molecular weight is 516 g/mol. The number of nitrogens with one attached hydrogen (secondary N) is 1. The van der Waals surface area contributed by atoms with Crippen LogP contribution in [-0.4, -0.2) is 62.6 Å². The van der Waals surface area contributed by atoms with Crippen LogP contribution in [0.15, 0.2) is 72.8 Å². The molecule has 38 heavy (non-hydrogen) atoms. The molecular formula is C30H33N3O5. The van der Waals surface area contributed by atoms with Gasteiger partial charge in [0.15, 0.2) is 0 Å². The molecule has 8 nitrogen and oxygen atoms in total. The number of ether oxygens (including phenoxy) is 2. The predicted molar refractivity (Wildman–Crippen MR) is 147 cm³/mol. The van der Waals surface area contributed by atoms with Gasteiger partial charge >= 0.3 is 5.97 Å². The molecule has 0 saturated carbocycles. The number of hydrogen-bond donors (Lipinski definition) is 1. The number of hydrogen-bond acceptors (Lipinski definition) is 6. The highest BCUT2D eigenvalue weighted by atomic mass is 16.5. The van der Waals surface area contributed by atoms with Gasteiger partial charge in [0.25, 0.3) is 11.8 Å². The smallest absolute Gasteiger partial charge is 0.337 e. The molecule has 3 aromatic rings. The van der Waals surface area contributed by atoms with Crippen molar-refractivity contribution in [1.29, 1.82) is 0 Å². The van der Waals surface area contributed by atoms with E-state index in [4.69, 9.17) is 9.47 Å². The van der Waals surface area contributed by atoms with Crippen LogP contribution < -0.4 is 15.0 Å². The molecule has 1 saturated heterocycles. The molecular weight excluding hydrogens is 482 g/mol. The van der Waals surface area contributed by atoms with E-state index in [2.05, 4.69) is 24.1 Å². The number of amides is 2. The van der Waals surface area contributed by atoms with Crippen LogP contribution in [-0.2, 0) is 4.74 Å². The number of carbonyl (C=O) groups excluding carboxylic acids is 3. The molecule has 2 amide bonds. The summed E-state index contributed by atoms with van der Waals surface area (Å²) in [5.41, 5.74) is 2.70. The first kappa shape index (κ1) is 26.7. The van der Waals surface area contributed by atoms with Crippen LogP contribution in [0.4, 0.5) is 11.4 Å². The number of benzene rings is 3. The summed E-state index contributed by atoms with van der Waals surface area (Å²) in [6.45, 7) is 6.90. The molecule has 0 radical (unpaired) electrons. The lowest BCUT2D eigenvalue weighted by molar-refractivity contribution is 0.0600. The third-order valence-electron chi connectivity index (χ3n) is 6.27. The molecule has 0 spiro atoms. The highest BCUT2D eigenvalue weighted by molar-refractivity contribution is 6.07. The predicted octanol–water partition coefficient (Wildman–Crippen LogP) is 4.72. The standard InChI is InChI=1S/C30H33N3O5/c1-21(2)20-38-25-11-7-10-23(18-25)28(34)31-26-19-24(30(36)37-3)12-13-27(26)32-14-16-33(17-15-32)29(35)22-8-5-4-6-9-22/h4-13,18-19,21H,14-17,20H2,1-3H3,(H,31,34). The van der Waals surface area contributed by atoms with Gasteiger partial charge in [0.05, 0.1) is 30.7 Å². The highest BCUT2D eigenvalue weighted by Crippen LogP contribution is 2.30. The van der Waals surface area contributed by atoms with Gasteiger partial charge in [0.2, 0.25) is 0 Å². The molecule has 1 N–H and O–H groups in total. The van der Waals surface area contributed by atoms with Gasteiger partial charge in [-0.2, -0.15) is 0 Å². The fourth-order valence-electron chi connectivity index (χ4n) is 4.25. The van der Waals surface area contributed by atoms with Gasteiger partial charge in [-0.3, -0.25) is 9.59 Å². The van der Waals surface area contributed by atoms with Gasteiger partial charge in [-0.05, 0) is 54.4 Å². The van der Waals surface area contributed by atoms with Crippen molar-refractivity contribution in [3.05, 3.63) is 89.5 Å². The quantitative estimate of drug-likeness (QED) is 0.437. The minimum absolute atomic E-state index is 0.000571. The van der Waals surface area contributed by atoms with Crippen molar-refractivity contribution in [1.82, 2.24) is 4.90 Å². The second kappa shape index (κ2) is 12.3. The Bertz CT molecular complexity index is 1280. The minimum atomic E-state index is -0.491. The zero-order chi connectivity index (χ0) is 27.1. The van der Waals surface area contributed by atoms with E-state index in [0.717, 1.165) is 5.69 Å².